The first kappa shape index (κ1) is 21.8. The number of hydrogen-bond acceptors (Lipinski definition) is 4. The highest BCUT2D eigenvalue weighted by Crippen LogP contribution is 2.34. The molecule has 0 aromatic heterocycles. The van der Waals surface area contributed by atoms with Gasteiger partial charge in [-0.2, -0.15) is 0 Å². The van der Waals surface area contributed by atoms with Gasteiger partial charge in [-0.05, 0) is 78.3 Å². The van der Waals surface area contributed by atoms with Crippen LogP contribution in [0.3, 0.4) is 0 Å². The molecule has 0 saturated carbocycles. The maximum Gasteiger partial charge on any atom is 0.262 e. The van der Waals surface area contributed by atoms with Crippen molar-refractivity contribution in [1.29, 1.82) is 0 Å². The predicted molar refractivity (Wildman–Crippen MR) is 123 cm³/mol. The van der Waals surface area contributed by atoms with Crippen LogP contribution in [0.4, 0.5) is 10.1 Å². The van der Waals surface area contributed by atoms with Gasteiger partial charge in [0.1, 0.15) is 10.8 Å². The summed E-state index contributed by atoms with van der Waals surface area (Å²) in [6, 6.07) is 9.36. The van der Waals surface area contributed by atoms with Gasteiger partial charge in [-0.3, -0.25) is 4.79 Å². The number of anilines is 1. The molecular formula is C21H22FIN2O3S. The topological polar surface area (TPSA) is 50.8 Å². The minimum atomic E-state index is -0.360. The second-order valence-corrected chi connectivity index (χ2v) is 8.23. The monoisotopic (exact) mass is 528 g/mol. The Morgan fingerprint density at radius 2 is 1.90 bits per heavy atom. The Bertz CT molecular complexity index is 886. The lowest BCUT2D eigenvalue weighted by molar-refractivity contribution is -0.118. The van der Waals surface area contributed by atoms with Gasteiger partial charge in [0.05, 0.1) is 10.7 Å². The van der Waals surface area contributed by atoms with Crippen LogP contribution in [0, 0.1) is 9.39 Å². The zero-order valence-electron chi connectivity index (χ0n) is 16.0. The van der Waals surface area contributed by atoms with Crippen molar-refractivity contribution in [2.24, 2.45) is 0 Å². The summed E-state index contributed by atoms with van der Waals surface area (Å²) in [6.45, 7) is 1.75. The molecule has 0 radical (unpaired) electrons. The van der Waals surface area contributed by atoms with Crippen molar-refractivity contribution >= 4 is 51.4 Å². The molecule has 0 unspecified atom stereocenters. The Kier molecular flexibility index (Phi) is 7.65. The fourth-order valence-electron chi connectivity index (χ4n) is 3.13. The number of thiocarbonyl (C=S) groups is 1. The number of hydrogen-bond donors (Lipinski definition) is 1. The van der Waals surface area contributed by atoms with Gasteiger partial charge in [0.15, 0.2) is 18.1 Å². The molecule has 1 aliphatic heterocycles. The number of methoxy groups -OCH3 is 1. The summed E-state index contributed by atoms with van der Waals surface area (Å²) >= 11 is 7.83. The van der Waals surface area contributed by atoms with E-state index in [4.69, 9.17) is 21.7 Å². The lowest BCUT2D eigenvalue weighted by Crippen LogP contribution is -2.35. The molecule has 29 heavy (non-hydrogen) atoms. The van der Waals surface area contributed by atoms with E-state index >= 15 is 0 Å². The molecule has 2 aromatic rings. The summed E-state index contributed by atoms with van der Waals surface area (Å²) < 4.78 is 25.0. The zero-order valence-corrected chi connectivity index (χ0v) is 19.0. The molecule has 0 bridgehead atoms. The summed E-state index contributed by atoms with van der Waals surface area (Å²) in [5, 5.41) is 2.67. The van der Waals surface area contributed by atoms with E-state index in [-0.39, 0.29) is 18.3 Å². The van der Waals surface area contributed by atoms with Gasteiger partial charge < -0.3 is 19.7 Å². The van der Waals surface area contributed by atoms with Gasteiger partial charge in [0.2, 0.25) is 0 Å². The quantitative estimate of drug-likeness (QED) is 0.438. The molecule has 8 heteroatoms. The molecule has 1 heterocycles. The number of amides is 1. The summed E-state index contributed by atoms with van der Waals surface area (Å²) in [6.07, 6.45) is 3.55. The maximum atomic E-state index is 13.0. The third kappa shape index (κ3) is 5.79. The van der Waals surface area contributed by atoms with Crippen molar-refractivity contribution in [2.45, 2.75) is 19.3 Å². The SMILES string of the molecule is COc1cc(C(=S)N2CCCCC2)cc(I)c1OCC(=O)Nc1ccc(F)cc1. The summed E-state index contributed by atoms with van der Waals surface area (Å²) in [4.78, 5) is 15.2. The minimum Gasteiger partial charge on any atom is -0.493 e. The maximum absolute atomic E-state index is 13.0. The molecule has 1 saturated heterocycles. The second-order valence-electron chi connectivity index (χ2n) is 6.69. The minimum absolute atomic E-state index is 0.195. The summed E-state index contributed by atoms with van der Waals surface area (Å²) in [5.74, 6) is 0.317. The van der Waals surface area contributed by atoms with Crippen LogP contribution < -0.4 is 14.8 Å². The number of ether oxygens (including phenoxy) is 2. The lowest BCUT2D eigenvalue weighted by atomic mass is 10.1. The number of carbonyl (C=O) groups excluding carboxylic acids is 1. The van der Waals surface area contributed by atoms with Crippen LogP contribution >= 0.6 is 34.8 Å². The highest BCUT2D eigenvalue weighted by atomic mass is 127. The van der Waals surface area contributed by atoms with E-state index in [1.54, 1.807) is 7.11 Å². The van der Waals surface area contributed by atoms with Crippen molar-refractivity contribution < 1.29 is 18.7 Å². The predicted octanol–water partition coefficient (Wildman–Crippen LogP) is 4.62. The van der Waals surface area contributed by atoms with E-state index < -0.39 is 0 Å². The zero-order chi connectivity index (χ0) is 20.8. The Morgan fingerprint density at radius 3 is 2.55 bits per heavy atom. The van der Waals surface area contributed by atoms with Gasteiger partial charge in [0.25, 0.3) is 5.91 Å². The number of nitrogens with one attached hydrogen (secondary N) is 1. The van der Waals surface area contributed by atoms with Crippen LogP contribution in [0.2, 0.25) is 0 Å². The molecule has 1 fully saturated rings. The van der Waals surface area contributed by atoms with Gasteiger partial charge in [0, 0.05) is 24.3 Å². The lowest BCUT2D eigenvalue weighted by Gasteiger charge is -2.29. The standard InChI is InChI=1S/C21H22FIN2O3S/c1-27-18-12-14(21(29)25-9-3-2-4-10-25)11-17(23)20(18)28-13-19(26)24-16-7-5-15(22)6-8-16/h5-8,11-12H,2-4,9-10,13H2,1H3,(H,24,26). The number of halogens is 2. The second kappa shape index (κ2) is 10.2. The highest BCUT2D eigenvalue weighted by molar-refractivity contribution is 14.1. The van der Waals surface area contributed by atoms with Crippen LogP contribution in [0.25, 0.3) is 0 Å². The molecule has 3 rings (SSSR count). The Morgan fingerprint density at radius 1 is 1.21 bits per heavy atom. The first-order chi connectivity index (χ1) is 14.0. The highest BCUT2D eigenvalue weighted by Gasteiger charge is 2.19. The number of carbonyl (C=O) groups is 1. The normalized spacial score (nSPS) is 13.7. The average Bonchev–Trinajstić information content (AvgIpc) is 2.74. The third-order valence-electron chi connectivity index (χ3n) is 4.60. The molecular weight excluding hydrogens is 506 g/mol. The molecule has 0 atom stereocenters. The first-order valence-corrected chi connectivity index (χ1v) is 10.8. The fourth-order valence-corrected chi connectivity index (χ4v) is 4.19. The van der Waals surface area contributed by atoms with Crippen LogP contribution in [0.15, 0.2) is 36.4 Å². The Balaban J connectivity index is 1.67. The molecule has 5 nitrogen and oxygen atoms in total. The third-order valence-corrected chi connectivity index (χ3v) is 5.89. The van der Waals surface area contributed by atoms with Crippen LogP contribution in [0.5, 0.6) is 11.5 Å². The fraction of sp³-hybridized carbons (Fsp3) is 0.333. The van der Waals surface area contributed by atoms with Crippen LogP contribution in [0.1, 0.15) is 24.8 Å². The number of benzene rings is 2. The van der Waals surface area contributed by atoms with Gasteiger partial charge in [-0.25, -0.2) is 4.39 Å². The number of piperidine rings is 1. The van der Waals surface area contributed by atoms with E-state index in [0.717, 1.165) is 40.1 Å². The van der Waals surface area contributed by atoms with Crippen molar-refractivity contribution in [2.75, 3.05) is 32.1 Å². The van der Waals surface area contributed by atoms with Gasteiger partial charge >= 0.3 is 0 Å². The van der Waals surface area contributed by atoms with Crippen molar-refractivity contribution in [3.63, 3.8) is 0 Å². The van der Waals surface area contributed by atoms with Crippen molar-refractivity contribution in [1.82, 2.24) is 4.90 Å². The molecule has 2 aromatic carbocycles. The van der Waals surface area contributed by atoms with Crippen LogP contribution in [-0.4, -0.2) is 42.6 Å². The first-order valence-electron chi connectivity index (χ1n) is 9.33. The van der Waals surface area contributed by atoms with Crippen molar-refractivity contribution in [3.8, 4) is 11.5 Å². The van der Waals surface area contributed by atoms with Gasteiger partial charge in [-0.1, -0.05) is 12.2 Å². The molecule has 1 aliphatic rings. The molecule has 0 aliphatic carbocycles. The number of likely N-dealkylation sites (tertiary alicyclic amines) is 1. The smallest absolute Gasteiger partial charge is 0.262 e. The largest absolute Gasteiger partial charge is 0.493 e. The Hall–Kier alpha value is -1.94. The van der Waals surface area contributed by atoms with Crippen LogP contribution in [-0.2, 0) is 4.79 Å². The van der Waals surface area contributed by atoms with E-state index in [1.165, 1.54) is 30.7 Å². The summed E-state index contributed by atoms with van der Waals surface area (Å²) in [5.41, 5.74) is 1.41. The van der Waals surface area contributed by atoms with E-state index in [9.17, 15) is 9.18 Å². The summed E-state index contributed by atoms with van der Waals surface area (Å²) in [7, 11) is 1.56. The van der Waals surface area contributed by atoms with Gasteiger partial charge in [-0.15, -0.1) is 0 Å². The Labute approximate surface area is 188 Å². The number of nitrogens with zero attached hydrogens (tertiary/aromatic N) is 1. The van der Waals surface area contributed by atoms with E-state index in [1.807, 2.05) is 12.1 Å². The molecule has 0 spiro atoms. The average molecular weight is 528 g/mol. The molecule has 1 N–H and O–H groups in total. The van der Waals surface area contributed by atoms with E-state index in [2.05, 4.69) is 32.8 Å². The molecule has 154 valence electrons. The van der Waals surface area contributed by atoms with E-state index in [0.29, 0.717) is 17.2 Å². The van der Waals surface area contributed by atoms with Crippen molar-refractivity contribution in [3.05, 3.63) is 51.3 Å². The molecule has 1 amide bonds. The number of rotatable bonds is 6.